The van der Waals surface area contributed by atoms with Gasteiger partial charge in [0.25, 0.3) is 0 Å². The molecule has 82 valence electrons. The molecular weight excluding hydrogens is 226 g/mol. The molecule has 0 bridgehead atoms. The Hall–Kier alpha value is -1.61. The van der Waals surface area contributed by atoms with Crippen LogP contribution in [0.2, 0.25) is 5.02 Å². The first kappa shape index (κ1) is 10.9. The van der Waals surface area contributed by atoms with Gasteiger partial charge in [0.1, 0.15) is 11.5 Å². The van der Waals surface area contributed by atoms with Gasteiger partial charge in [-0.1, -0.05) is 17.7 Å². The Balaban J connectivity index is 2.49. The van der Waals surface area contributed by atoms with Crippen molar-refractivity contribution in [3.05, 3.63) is 40.7 Å². The van der Waals surface area contributed by atoms with Crippen LogP contribution < -0.4 is 0 Å². The average Bonchev–Trinajstić information content (AvgIpc) is 2.60. The number of carbonyl (C=O) groups is 1. The van der Waals surface area contributed by atoms with Crippen molar-refractivity contribution in [2.45, 2.75) is 13.8 Å². The number of halogens is 1. The summed E-state index contributed by atoms with van der Waals surface area (Å²) < 4.78 is 5.43. The van der Waals surface area contributed by atoms with Crippen molar-refractivity contribution in [2.75, 3.05) is 0 Å². The van der Waals surface area contributed by atoms with Crippen molar-refractivity contribution in [1.82, 2.24) is 4.98 Å². The van der Waals surface area contributed by atoms with E-state index in [1.165, 1.54) is 6.92 Å². The number of Topliss-reactive ketones (excluding diaryl/α,β-unsaturated/α-hetero) is 1. The number of hydrogen-bond donors (Lipinski definition) is 0. The fourth-order valence-electron chi connectivity index (χ4n) is 1.47. The van der Waals surface area contributed by atoms with Crippen LogP contribution in [0.4, 0.5) is 0 Å². The quantitative estimate of drug-likeness (QED) is 0.748. The van der Waals surface area contributed by atoms with Crippen LogP contribution in [0.1, 0.15) is 23.2 Å². The van der Waals surface area contributed by atoms with Gasteiger partial charge in [-0.05, 0) is 25.1 Å². The lowest BCUT2D eigenvalue weighted by molar-refractivity contribution is 0.101. The number of benzene rings is 1. The van der Waals surface area contributed by atoms with Gasteiger partial charge in [0.2, 0.25) is 5.89 Å². The van der Waals surface area contributed by atoms with Gasteiger partial charge in [-0.15, -0.1) is 0 Å². The number of ketones is 1. The van der Waals surface area contributed by atoms with E-state index in [4.69, 9.17) is 16.0 Å². The van der Waals surface area contributed by atoms with Gasteiger partial charge >= 0.3 is 0 Å². The third kappa shape index (κ3) is 1.99. The van der Waals surface area contributed by atoms with E-state index in [1.54, 1.807) is 19.1 Å². The second-order valence-corrected chi connectivity index (χ2v) is 3.93. The molecule has 1 aromatic heterocycles. The molecule has 0 fully saturated rings. The second kappa shape index (κ2) is 4.10. The lowest BCUT2D eigenvalue weighted by atomic mass is 10.2. The molecule has 2 aromatic rings. The molecule has 3 nitrogen and oxygen atoms in total. The van der Waals surface area contributed by atoms with Gasteiger partial charge in [-0.25, -0.2) is 4.98 Å². The van der Waals surface area contributed by atoms with Gasteiger partial charge in [-0.3, -0.25) is 4.79 Å². The van der Waals surface area contributed by atoms with Crippen molar-refractivity contribution >= 4 is 17.4 Å². The van der Waals surface area contributed by atoms with Crippen LogP contribution in [0, 0.1) is 6.92 Å². The third-order valence-electron chi connectivity index (χ3n) is 2.20. The summed E-state index contributed by atoms with van der Waals surface area (Å²) in [6, 6.07) is 7.16. The molecule has 0 aliphatic rings. The maximum atomic E-state index is 11.2. The minimum atomic E-state index is -0.102. The zero-order chi connectivity index (χ0) is 11.7. The molecule has 0 unspecified atom stereocenters. The van der Waals surface area contributed by atoms with Crippen LogP contribution in [-0.4, -0.2) is 10.8 Å². The van der Waals surface area contributed by atoms with E-state index in [1.807, 2.05) is 12.1 Å². The van der Waals surface area contributed by atoms with Crippen LogP contribution in [0.5, 0.6) is 0 Å². The normalized spacial score (nSPS) is 10.4. The molecule has 1 aromatic carbocycles. The van der Waals surface area contributed by atoms with Crippen molar-refractivity contribution in [3.8, 4) is 11.5 Å². The minimum absolute atomic E-state index is 0.102. The Bertz CT molecular complexity index is 546. The molecule has 1 heterocycles. The fraction of sp³-hybridized carbons (Fsp3) is 0.167. The average molecular weight is 236 g/mol. The number of carbonyl (C=O) groups excluding carboxylic acids is 1. The molecule has 0 atom stereocenters. The molecule has 0 spiro atoms. The molecule has 0 aliphatic heterocycles. The zero-order valence-electron chi connectivity index (χ0n) is 8.95. The second-order valence-electron chi connectivity index (χ2n) is 3.49. The van der Waals surface area contributed by atoms with Crippen LogP contribution >= 0.6 is 11.6 Å². The van der Waals surface area contributed by atoms with E-state index in [2.05, 4.69) is 4.98 Å². The molecule has 2 rings (SSSR count). The van der Waals surface area contributed by atoms with E-state index in [0.717, 1.165) is 5.56 Å². The molecule has 0 aliphatic carbocycles. The summed E-state index contributed by atoms with van der Waals surface area (Å²) >= 11 is 5.87. The van der Waals surface area contributed by atoms with Crippen LogP contribution in [0.3, 0.4) is 0 Å². The molecular formula is C12H10ClNO2. The van der Waals surface area contributed by atoms with E-state index < -0.39 is 0 Å². The Morgan fingerprint density at radius 1 is 1.44 bits per heavy atom. The topological polar surface area (TPSA) is 43.1 Å². The molecule has 4 heteroatoms. The van der Waals surface area contributed by atoms with Crippen LogP contribution in [0.15, 0.2) is 28.7 Å². The lowest BCUT2D eigenvalue weighted by Gasteiger charge is -1.94. The predicted octanol–water partition coefficient (Wildman–Crippen LogP) is 3.51. The summed E-state index contributed by atoms with van der Waals surface area (Å²) in [5, 5.41) is 0.609. The summed E-state index contributed by atoms with van der Waals surface area (Å²) in [7, 11) is 0. The SMILES string of the molecule is CC(=O)c1nc(-c2cccc(Cl)c2)oc1C. The number of hydrogen-bond acceptors (Lipinski definition) is 3. The number of oxazole rings is 1. The summed E-state index contributed by atoms with van der Waals surface area (Å²) in [5.74, 6) is 0.849. The molecule has 0 radical (unpaired) electrons. The van der Waals surface area contributed by atoms with Crippen molar-refractivity contribution in [3.63, 3.8) is 0 Å². The van der Waals surface area contributed by atoms with E-state index in [-0.39, 0.29) is 5.78 Å². The zero-order valence-corrected chi connectivity index (χ0v) is 9.71. The molecule has 0 amide bonds. The largest absolute Gasteiger partial charge is 0.441 e. The Labute approximate surface area is 98.1 Å². The minimum Gasteiger partial charge on any atom is -0.441 e. The molecule has 0 saturated carbocycles. The highest BCUT2D eigenvalue weighted by molar-refractivity contribution is 6.30. The van der Waals surface area contributed by atoms with E-state index in [9.17, 15) is 4.79 Å². The maximum absolute atomic E-state index is 11.2. The van der Waals surface area contributed by atoms with Gasteiger partial charge in [0, 0.05) is 17.5 Å². The maximum Gasteiger partial charge on any atom is 0.227 e. The third-order valence-corrected chi connectivity index (χ3v) is 2.44. The first-order chi connectivity index (χ1) is 7.58. The Morgan fingerprint density at radius 2 is 2.19 bits per heavy atom. The smallest absolute Gasteiger partial charge is 0.227 e. The molecule has 0 saturated heterocycles. The lowest BCUT2D eigenvalue weighted by Crippen LogP contribution is -1.94. The van der Waals surface area contributed by atoms with E-state index in [0.29, 0.717) is 22.4 Å². The number of rotatable bonds is 2. The summed E-state index contributed by atoms with van der Waals surface area (Å²) in [5.41, 5.74) is 1.14. The predicted molar refractivity (Wildman–Crippen MR) is 61.7 cm³/mol. The summed E-state index contributed by atoms with van der Waals surface area (Å²) in [4.78, 5) is 15.4. The highest BCUT2D eigenvalue weighted by Crippen LogP contribution is 2.24. The number of nitrogens with zero attached hydrogens (tertiary/aromatic N) is 1. The fourth-order valence-corrected chi connectivity index (χ4v) is 1.66. The highest BCUT2D eigenvalue weighted by Gasteiger charge is 2.14. The summed E-state index contributed by atoms with van der Waals surface area (Å²) in [6.07, 6.45) is 0. The first-order valence-electron chi connectivity index (χ1n) is 4.82. The van der Waals surface area contributed by atoms with Crippen molar-refractivity contribution < 1.29 is 9.21 Å². The van der Waals surface area contributed by atoms with Gasteiger partial charge < -0.3 is 4.42 Å². The number of aryl methyl sites for hydroxylation is 1. The molecule has 16 heavy (non-hydrogen) atoms. The standard InChI is InChI=1S/C12H10ClNO2/c1-7(15)11-8(2)16-12(14-11)9-4-3-5-10(13)6-9/h3-6H,1-2H3. The van der Waals surface area contributed by atoms with Crippen LogP contribution in [0.25, 0.3) is 11.5 Å². The van der Waals surface area contributed by atoms with Gasteiger partial charge in [0.05, 0.1) is 0 Å². The van der Waals surface area contributed by atoms with Gasteiger partial charge in [0.15, 0.2) is 5.78 Å². The van der Waals surface area contributed by atoms with Crippen LogP contribution in [-0.2, 0) is 0 Å². The van der Waals surface area contributed by atoms with E-state index >= 15 is 0 Å². The van der Waals surface area contributed by atoms with Gasteiger partial charge in [-0.2, -0.15) is 0 Å². The Kier molecular flexibility index (Phi) is 2.79. The summed E-state index contributed by atoms with van der Waals surface area (Å²) in [6.45, 7) is 3.18. The molecule has 0 N–H and O–H groups in total. The Morgan fingerprint density at radius 3 is 2.75 bits per heavy atom. The van der Waals surface area contributed by atoms with Crippen molar-refractivity contribution in [1.29, 1.82) is 0 Å². The number of aromatic nitrogens is 1. The first-order valence-corrected chi connectivity index (χ1v) is 5.20. The van der Waals surface area contributed by atoms with Crippen molar-refractivity contribution in [2.24, 2.45) is 0 Å². The monoisotopic (exact) mass is 235 g/mol. The highest BCUT2D eigenvalue weighted by atomic mass is 35.5.